The zero-order valence-electron chi connectivity index (χ0n) is 17.4. The van der Waals surface area contributed by atoms with E-state index >= 15 is 0 Å². The third-order valence-electron chi connectivity index (χ3n) is 4.70. The summed E-state index contributed by atoms with van der Waals surface area (Å²) < 4.78 is 15.6. The highest BCUT2D eigenvalue weighted by atomic mass is 32.2. The van der Waals surface area contributed by atoms with E-state index in [4.69, 9.17) is 0 Å². The predicted octanol–water partition coefficient (Wildman–Crippen LogP) is 4.07. The number of para-hydroxylation sites is 2. The van der Waals surface area contributed by atoms with E-state index in [-0.39, 0.29) is 17.6 Å². The van der Waals surface area contributed by atoms with Crippen LogP contribution in [-0.4, -0.2) is 32.3 Å². The summed E-state index contributed by atoms with van der Waals surface area (Å²) in [6.45, 7) is 0.378. The number of hydrogen-bond acceptors (Lipinski definition) is 5. The van der Waals surface area contributed by atoms with Crippen LogP contribution in [0.25, 0.3) is 5.69 Å². The zero-order valence-corrected chi connectivity index (χ0v) is 18.3. The van der Waals surface area contributed by atoms with E-state index in [9.17, 15) is 14.0 Å². The molecule has 4 aromatic rings. The normalized spacial score (nSPS) is 10.6. The van der Waals surface area contributed by atoms with Crippen LogP contribution in [0.5, 0.6) is 0 Å². The van der Waals surface area contributed by atoms with Gasteiger partial charge in [-0.15, -0.1) is 10.2 Å². The molecule has 9 heteroatoms. The van der Waals surface area contributed by atoms with Crippen molar-refractivity contribution in [2.24, 2.45) is 0 Å². The van der Waals surface area contributed by atoms with Crippen molar-refractivity contribution in [1.29, 1.82) is 0 Å². The molecule has 0 aliphatic carbocycles. The molecule has 0 saturated carbocycles. The summed E-state index contributed by atoms with van der Waals surface area (Å²) in [5.41, 5.74) is 2.04. The van der Waals surface area contributed by atoms with Gasteiger partial charge in [0.2, 0.25) is 5.91 Å². The van der Waals surface area contributed by atoms with Gasteiger partial charge in [0.05, 0.1) is 22.7 Å². The number of hydrogen-bond donors (Lipinski definition) is 2. The molecule has 33 heavy (non-hydrogen) atoms. The van der Waals surface area contributed by atoms with Crippen molar-refractivity contribution >= 4 is 29.3 Å². The molecule has 166 valence electrons. The first-order chi connectivity index (χ1) is 16.1. The van der Waals surface area contributed by atoms with E-state index in [0.29, 0.717) is 28.6 Å². The topological polar surface area (TPSA) is 88.9 Å². The first-order valence-electron chi connectivity index (χ1n) is 10.1. The van der Waals surface area contributed by atoms with Crippen molar-refractivity contribution in [3.63, 3.8) is 0 Å². The molecular weight excluding hydrogens is 441 g/mol. The largest absolute Gasteiger partial charge is 0.348 e. The van der Waals surface area contributed by atoms with Gasteiger partial charge in [-0.1, -0.05) is 66.4 Å². The molecule has 0 unspecified atom stereocenters. The molecule has 4 rings (SSSR count). The van der Waals surface area contributed by atoms with E-state index < -0.39 is 5.82 Å². The van der Waals surface area contributed by atoms with E-state index in [2.05, 4.69) is 20.8 Å². The van der Waals surface area contributed by atoms with Crippen LogP contribution in [0, 0.1) is 5.82 Å². The summed E-state index contributed by atoms with van der Waals surface area (Å²) in [7, 11) is 0. The van der Waals surface area contributed by atoms with E-state index in [1.807, 2.05) is 30.3 Å². The summed E-state index contributed by atoms with van der Waals surface area (Å²) in [6.07, 6.45) is 1.39. The smallest absolute Gasteiger partial charge is 0.253 e. The SMILES string of the molecule is O=C(CSc1nncn1-c1ccccc1F)Nc1ccccc1C(=O)NCc1ccccc1. The minimum Gasteiger partial charge on any atom is -0.348 e. The Hall–Kier alpha value is -3.98. The van der Waals surface area contributed by atoms with Gasteiger partial charge in [0, 0.05) is 6.54 Å². The Balaban J connectivity index is 1.39. The maximum absolute atomic E-state index is 14.1. The summed E-state index contributed by atoms with van der Waals surface area (Å²) >= 11 is 1.12. The van der Waals surface area contributed by atoms with E-state index in [1.165, 1.54) is 17.0 Å². The molecule has 0 saturated heterocycles. The third-order valence-corrected chi connectivity index (χ3v) is 5.65. The van der Waals surface area contributed by atoms with Crippen LogP contribution < -0.4 is 10.6 Å². The number of halogens is 1. The van der Waals surface area contributed by atoms with Crippen LogP contribution in [0.2, 0.25) is 0 Å². The first kappa shape index (κ1) is 22.2. The number of carbonyl (C=O) groups excluding carboxylic acids is 2. The van der Waals surface area contributed by atoms with Gasteiger partial charge in [-0.25, -0.2) is 4.39 Å². The molecule has 0 atom stereocenters. The van der Waals surface area contributed by atoms with Crippen LogP contribution in [-0.2, 0) is 11.3 Å². The Labute approximate surface area is 194 Å². The van der Waals surface area contributed by atoms with Crippen LogP contribution in [0.15, 0.2) is 90.3 Å². The Bertz CT molecular complexity index is 1260. The second kappa shape index (κ2) is 10.6. The molecule has 3 aromatic carbocycles. The second-order valence-corrected chi connectivity index (χ2v) is 7.93. The van der Waals surface area contributed by atoms with Crippen LogP contribution in [0.1, 0.15) is 15.9 Å². The number of amides is 2. The second-order valence-electron chi connectivity index (χ2n) is 6.99. The lowest BCUT2D eigenvalue weighted by Gasteiger charge is -2.12. The van der Waals surface area contributed by atoms with Crippen LogP contribution in [0.4, 0.5) is 10.1 Å². The minimum atomic E-state index is -0.418. The Morgan fingerprint density at radius 2 is 1.67 bits per heavy atom. The van der Waals surface area contributed by atoms with Crippen molar-refractivity contribution in [3.8, 4) is 5.69 Å². The average Bonchev–Trinajstić information content (AvgIpc) is 3.31. The van der Waals surface area contributed by atoms with Gasteiger partial charge in [-0.3, -0.25) is 14.2 Å². The Morgan fingerprint density at radius 1 is 0.939 bits per heavy atom. The van der Waals surface area contributed by atoms with Crippen molar-refractivity contribution in [1.82, 2.24) is 20.1 Å². The number of rotatable bonds is 8. The molecule has 1 aromatic heterocycles. The van der Waals surface area contributed by atoms with Crippen molar-refractivity contribution in [2.45, 2.75) is 11.7 Å². The van der Waals surface area contributed by atoms with Crippen LogP contribution in [0.3, 0.4) is 0 Å². The van der Waals surface area contributed by atoms with E-state index in [1.54, 1.807) is 42.5 Å². The quantitative estimate of drug-likeness (QED) is 0.386. The Morgan fingerprint density at radius 3 is 2.48 bits per heavy atom. The standard InChI is InChI=1S/C24H20FN5O2S/c25-19-11-5-7-13-21(19)30-16-27-29-24(30)33-15-22(31)28-20-12-6-4-10-18(20)23(32)26-14-17-8-2-1-3-9-17/h1-13,16H,14-15H2,(H,26,32)(H,28,31). The molecule has 0 bridgehead atoms. The highest BCUT2D eigenvalue weighted by molar-refractivity contribution is 7.99. The summed E-state index contributed by atoms with van der Waals surface area (Å²) in [6, 6.07) is 22.6. The maximum Gasteiger partial charge on any atom is 0.253 e. The summed E-state index contributed by atoms with van der Waals surface area (Å²) in [4.78, 5) is 25.3. The summed E-state index contributed by atoms with van der Waals surface area (Å²) in [5.74, 6) is -1.03. The van der Waals surface area contributed by atoms with Crippen molar-refractivity contribution in [3.05, 3.63) is 102 Å². The Kier molecular flexibility index (Phi) is 7.11. The number of aromatic nitrogens is 3. The van der Waals surface area contributed by atoms with Gasteiger partial charge < -0.3 is 10.6 Å². The molecule has 0 aliphatic rings. The lowest BCUT2D eigenvalue weighted by Crippen LogP contribution is -2.25. The number of thioether (sulfide) groups is 1. The third kappa shape index (κ3) is 5.64. The first-order valence-corrected chi connectivity index (χ1v) is 11.1. The molecule has 0 fully saturated rings. The lowest BCUT2D eigenvalue weighted by atomic mass is 10.1. The van der Waals surface area contributed by atoms with Crippen molar-refractivity contribution < 1.29 is 14.0 Å². The van der Waals surface area contributed by atoms with Crippen LogP contribution >= 0.6 is 11.8 Å². The fraction of sp³-hybridized carbons (Fsp3) is 0.0833. The number of carbonyl (C=O) groups is 2. The maximum atomic E-state index is 14.1. The highest BCUT2D eigenvalue weighted by Gasteiger charge is 2.15. The highest BCUT2D eigenvalue weighted by Crippen LogP contribution is 2.22. The number of benzene rings is 3. The zero-order chi connectivity index (χ0) is 23.0. The monoisotopic (exact) mass is 461 g/mol. The molecule has 2 amide bonds. The van der Waals surface area contributed by atoms with E-state index in [0.717, 1.165) is 17.3 Å². The summed E-state index contributed by atoms with van der Waals surface area (Å²) in [5, 5.41) is 13.8. The predicted molar refractivity (Wildman–Crippen MR) is 125 cm³/mol. The molecule has 0 spiro atoms. The van der Waals surface area contributed by atoms with Gasteiger partial charge in [-0.05, 0) is 29.8 Å². The van der Waals surface area contributed by atoms with Gasteiger partial charge in [0.1, 0.15) is 12.1 Å². The molecule has 1 heterocycles. The molecule has 7 nitrogen and oxygen atoms in total. The average molecular weight is 462 g/mol. The van der Waals surface area contributed by atoms with Gasteiger partial charge in [-0.2, -0.15) is 0 Å². The fourth-order valence-electron chi connectivity index (χ4n) is 3.12. The number of nitrogens with one attached hydrogen (secondary N) is 2. The fourth-order valence-corrected chi connectivity index (χ4v) is 3.84. The number of anilines is 1. The molecule has 2 N–H and O–H groups in total. The van der Waals surface area contributed by atoms with Gasteiger partial charge >= 0.3 is 0 Å². The van der Waals surface area contributed by atoms with Crippen molar-refractivity contribution in [2.75, 3.05) is 11.1 Å². The van der Waals surface area contributed by atoms with Gasteiger partial charge in [0.15, 0.2) is 5.16 Å². The molecule has 0 aliphatic heterocycles. The number of nitrogens with zero attached hydrogens (tertiary/aromatic N) is 3. The minimum absolute atomic E-state index is 0.00706. The molecular formula is C24H20FN5O2S. The molecule has 0 radical (unpaired) electrons. The van der Waals surface area contributed by atoms with Gasteiger partial charge in [0.25, 0.3) is 5.91 Å². The lowest BCUT2D eigenvalue weighted by molar-refractivity contribution is -0.113.